The summed E-state index contributed by atoms with van der Waals surface area (Å²) in [5.41, 5.74) is 1.53. The van der Waals surface area contributed by atoms with Gasteiger partial charge in [0.15, 0.2) is 0 Å². The van der Waals surface area contributed by atoms with Crippen molar-refractivity contribution in [1.29, 1.82) is 0 Å². The quantitative estimate of drug-likeness (QED) is 0.809. The summed E-state index contributed by atoms with van der Waals surface area (Å²) >= 11 is 6.07. The van der Waals surface area contributed by atoms with E-state index in [0.29, 0.717) is 17.1 Å². The maximum absolute atomic E-state index is 12.1. The lowest BCUT2D eigenvalue weighted by molar-refractivity contribution is -0.121. The number of benzene rings is 1. The van der Waals surface area contributed by atoms with Crippen molar-refractivity contribution < 1.29 is 13.2 Å². The number of nitrogens with zero attached hydrogens (tertiary/aromatic N) is 2. The minimum atomic E-state index is -3.55. The molecule has 128 valence electrons. The fourth-order valence-electron chi connectivity index (χ4n) is 2.02. The molecule has 8 heteroatoms. The van der Waals surface area contributed by atoms with Crippen molar-refractivity contribution in [2.24, 2.45) is 0 Å². The summed E-state index contributed by atoms with van der Waals surface area (Å²) in [5, 5.41) is 3.16. The van der Waals surface area contributed by atoms with Crippen LogP contribution in [-0.2, 0) is 27.9 Å². The number of halogens is 1. The van der Waals surface area contributed by atoms with Gasteiger partial charge < -0.3 is 5.32 Å². The molecule has 0 aliphatic heterocycles. The highest BCUT2D eigenvalue weighted by molar-refractivity contribution is 7.88. The number of rotatable bonds is 7. The molecule has 0 aliphatic carbocycles. The Balaban J connectivity index is 2.01. The molecule has 1 N–H and O–H groups in total. The van der Waals surface area contributed by atoms with E-state index in [4.69, 9.17) is 11.6 Å². The Morgan fingerprint density at radius 1 is 1.21 bits per heavy atom. The molecule has 24 heavy (non-hydrogen) atoms. The molecule has 1 heterocycles. The first-order valence-corrected chi connectivity index (χ1v) is 9.43. The standard InChI is InChI=1S/C16H18ClN3O3S/c1-24(22,23)20(11-14-4-2-3-5-15(14)17)12-16(21)19-10-13-6-8-18-9-7-13/h2-9H,10-12H2,1H3,(H,19,21). The molecule has 2 rings (SSSR count). The van der Waals surface area contributed by atoms with Gasteiger partial charge in [-0.25, -0.2) is 8.42 Å². The molecule has 0 unspecified atom stereocenters. The molecule has 1 aromatic heterocycles. The average molecular weight is 368 g/mol. The van der Waals surface area contributed by atoms with Crippen molar-refractivity contribution >= 4 is 27.5 Å². The summed E-state index contributed by atoms with van der Waals surface area (Å²) < 4.78 is 25.0. The molecule has 0 saturated heterocycles. The van der Waals surface area contributed by atoms with Crippen LogP contribution in [0.5, 0.6) is 0 Å². The first kappa shape index (κ1) is 18.4. The molecule has 0 fully saturated rings. The summed E-state index contributed by atoms with van der Waals surface area (Å²) in [7, 11) is -3.55. The molecule has 2 aromatic rings. The number of carbonyl (C=O) groups is 1. The number of aromatic nitrogens is 1. The van der Waals surface area contributed by atoms with E-state index in [0.717, 1.165) is 16.1 Å². The van der Waals surface area contributed by atoms with Crippen molar-refractivity contribution in [1.82, 2.24) is 14.6 Å². The van der Waals surface area contributed by atoms with Gasteiger partial charge in [0.05, 0.1) is 12.8 Å². The van der Waals surface area contributed by atoms with Crippen LogP contribution in [0.4, 0.5) is 0 Å². The Kier molecular flexibility index (Phi) is 6.30. The van der Waals surface area contributed by atoms with Crippen molar-refractivity contribution in [3.05, 3.63) is 64.9 Å². The zero-order valence-corrected chi connectivity index (χ0v) is 14.7. The van der Waals surface area contributed by atoms with Crippen LogP contribution >= 0.6 is 11.6 Å². The smallest absolute Gasteiger partial charge is 0.235 e. The molecular formula is C16H18ClN3O3S. The van der Waals surface area contributed by atoms with Gasteiger partial charge in [-0.15, -0.1) is 0 Å². The van der Waals surface area contributed by atoms with Crippen molar-refractivity contribution in [2.45, 2.75) is 13.1 Å². The first-order chi connectivity index (χ1) is 11.4. The highest BCUT2D eigenvalue weighted by Gasteiger charge is 2.21. The third kappa shape index (κ3) is 5.59. The second-order valence-electron chi connectivity index (χ2n) is 5.25. The van der Waals surface area contributed by atoms with Crippen LogP contribution in [0.2, 0.25) is 5.02 Å². The number of carbonyl (C=O) groups excluding carboxylic acids is 1. The maximum atomic E-state index is 12.1. The number of nitrogens with one attached hydrogen (secondary N) is 1. The summed E-state index contributed by atoms with van der Waals surface area (Å²) in [6.07, 6.45) is 4.32. The van der Waals surface area contributed by atoms with Crippen molar-refractivity contribution in [3.63, 3.8) is 0 Å². The maximum Gasteiger partial charge on any atom is 0.235 e. The van der Waals surface area contributed by atoms with E-state index < -0.39 is 10.0 Å². The van der Waals surface area contributed by atoms with Crippen LogP contribution in [0, 0.1) is 0 Å². The monoisotopic (exact) mass is 367 g/mol. The predicted molar refractivity (Wildman–Crippen MR) is 92.8 cm³/mol. The zero-order valence-electron chi connectivity index (χ0n) is 13.1. The number of sulfonamides is 1. The van der Waals surface area contributed by atoms with E-state index >= 15 is 0 Å². The lowest BCUT2D eigenvalue weighted by Gasteiger charge is -2.20. The molecular weight excluding hydrogens is 350 g/mol. The van der Waals surface area contributed by atoms with E-state index in [1.807, 2.05) is 0 Å². The lowest BCUT2D eigenvalue weighted by atomic mass is 10.2. The Hall–Kier alpha value is -1.96. The Bertz CT molecular complexity index is 797. The molecule has 0 atom stereocenters. The van der Waals surface area contributed by atoms with E-state index in [1.165, 1.54) is 0 Å². The molecule has 0 radical (unpaired) electrons. The zero-order chi connectivity index (χ0) is 17.6. The van der Waals surface area contributed by atoms with Crippen molar-refractivity contribution in [3.8, 4) is 0 Å². The number of pyridine rings is 1. The van der Waals surface area contributed by atoms with Gasteiger partial charge in [-0.05, 0) is 29.3 Å². The van der Waals surface area contributed by atoms with Gasteiger partial charge in [-0.2, -0.15) is 4.31 Å². The van der Waals surface area contributed by atoms with Crippen molar-refractivity contribution in [2.75, 3.05) is 12.8 Å². The van der Waals surface area contributed by atoms with Crippen LogP contribution in [-0.4, -0.2) is 36.4 Å². The second-order valence-corrected chi connectivity index (χ2v) is 7.64. The van der Waals surface area contributed by atoms with E-state index in [2.05, 4.69) is 10.3 Å². The van der Waals surface area contributed by atoms with E-state index in [1.54, 1.807) is 48.8 Å². The van der Waals surface area contributed by atoms with Gasteiger partial charge in [0, 0.05) is 30.5 Å². The van der Waals surface area contributed by atoms with Gasteiger partial charge >= 0.3 is 0 Å². The SMILES string of the molecule is CS(=O)(=O)N(CC(=O)NCc1ccncc1)Cc1ccccc1Cl. The number of hydrogen-bond donors (Lipinski definition) is 1. The fourth-order valence-corrected chi connectivity index (χ4v) is 2.95. The van der Waals surface area contributed by atoms with Crippen LogP contribution in [0.15, 0.2) is 48.8 Å². The Labute approximate surface area is 146 Å². The minimum absolute atomic E-state index is 0.0428. The Morgan fingerprint density at radius 2 is 1.88 bits per heavy atom. The van der Waals surface area contributed by atoms with Crippen LogP contribution in [0.1, 0.15) is 11.1 Å². The normalized spacial score (nSPS) is 11.5. The summed E-state index contributed by atoms with van der Waals surface area (Å²) in [6, 6.07) is 10.5. The average Bonchev–Trinajstić information content (AvgIpc) is 2.54. The molecule has 0 spiro atoms. The minimum Gasteiger partial charge on any atom is -0.351 e. The third-order valence-electron chi connectivity index (χ3n) is 3.33. The molecule has 1 amide bonds. The Morgan fingerprint density at radius 3 is 2.50 bits per heavy atom. The topological polar surface area (TPSA) is 79.4 Å². The van der Waals surface area contributed by atoms with Gasteiger partial charge in [-0.3, -0.25) is 9.78 Å². The van der Waals surface area contributed by atoms with Crippen LogP contribution in [0.3, 0.4) is 0 Å². The van der Waals surface area contributed by atoms with E-state index in [-0.39, 0.29) is 19.0 Å². The van der Waals surface area contributed by atoms with Gasteiger partial charge in [0.1, 0.15) is 0 Å². The summed E-state index contributed by atoms with van der Waals surface area (Å²) in [6.45, 7) is 0.0847. The van der Waals surface area contributed by atoms with E-state index in [9.17, 15) is 13.2 Å². The summed E-state index contributed by atoms with van der Waals surface area (Å²) in [5.74, 6) is -0.385. The fraction of sp³-hybridized carbons (Fsp3) is 0.250. The molecule has 6 nitrogen and oxygen atoms in total. The van der Waals surface area contributed by atoms with Crippen LogP contribution < -0.4 is 5.32 Å². The molecule has 1 aromatic carbocycles. The lowest BCUT2D eigenvalue weighted by Crippen LogP contribution is -2.39. The number of hydrogen-bond acceptors (Lipinski definition) is 4. The van der Waals surface area contributed by atoms with Gasteiger partial charge in [0.25, 0.3) is 0 Å². The van der Waals surface area contributed by atoms with Crippen LogP contribution in [0.25, 0.3) is 0 Å². The third-order valence-corrected chi connectivity index (χ3v) is 4.90. The number of amides is 1. The molecule has 0 saturated carbocycles. The highest BCUT2D eigenvalue weighted by atomic mass is 35.5. The van der Waals surface area contributed by atoms with Gasteiger partial charge in [0.2, 0.25) is 15.9 Å². The van der Waals surface area contributed by atoms with Gasteiger partial charge in [-0.1, -0.05) is 29.8 Å². The predicted octanol–water partition coefficient (Wildman–Crippen LogP) is 1.81. The highest BCUT2D eigenvalue weighted by Crippen LogP contribution is 2.18. The largest absolute Gasteiger partial charge is 0.351 e. The first-order valence-electron chi connectivity index (χ1n) is 7.20. The molecule has 0 bridgehead atoms. The molecule has 0 aliphatic rings. The summed E-state index contributed by atoms with van der Waals surface area (Å²) in [4.78, 5) is 16.0. The second kappa shape index (κ2) is 8.23.